The van der Waals surface area contributed by atoms with E-state index in [4.69, 9.17) is 5.11 Å². The van der Waals surface area contributed by atoms with Gasteiger partial charge in [-0.3, -0.25) is 19.7 Å². The molecule has 1 fully saturated rings. The smallest absolute Gasteiger partial charge is 0.307 e. The Morgan fingerprint density at radius 3 is 2.41 bits per heavy atom. The monoisotopic (exact) mass is 236 g/mol. The number of carboxylic acids is 1. The zero-order valence-electron chi connectivity index (χ0n) is 9.67. The molecule has 3 atom stereocenters. The summed E-state index contributed by atoms with van der Waals surface area (Å²) in [7, 11) is 0. The first kappa shape index (κ1) is 11.7. The maximum absolute atomic E-state index is 12.0. The van der Waals surface area contributed by atoms with Gasteiger partial charge in [-0.2, -0.15) is 0 Å². The highest BCUT2D eigenvalue weighted by Gasteiger charge is 2.41. The molecule has 5 nitrogen and oxygen atoms in total. The quantitative estimate of drug-likeness (QED) is 0.831. The molecule has 2 rings (SSSR count). The molecule has 1 saturated carbocycles. The maximum Gasteiger partial charge on any atom is 0.307 e. The van der Waals surface area contributed by atoms with Gasteiger partial charge in [0.15, 0.2) is 0 Å². The van der Waals surface area contributed by atoms with Crippen LogP contribution in [-0.2, 0) is 9.59 Å². The van der Waals surface area contributed by atoms with Gasteiger partial charge in [0.2, 0.25) is 5.91 Å². The zero-order valence-corrected chi connectivity index (χ0v) is 9.67. The van der Waals surface area contributed by atoms with Gasteiger partial charge >= 0.3 is 5.97 Å². The summed E-state index contributed by atoms with van der Waals surface area (Å²) < 4.78 is 1.55. The summed E-state index contributed by atoms with van der Waals surface area (Å²) in [6.07, 6.45) is 4.65. The molecule has 0 saturated heterocycles. The van der Waals surface area contributed by atoms with Crippen LogP contribution in [0, 0.1) is 17.8 Å². The first-order valence-corrected chi connectivity index (χ1v) is 5.74. The molecule has 1 aromatic heterocycles. The van der Waals surface area contributed by atoms with Crippen molar-refractivity contribution in [3.8, 4) is 0 Å². The third-order valence-electron chi connectivity index (χ3n) is 3.30. The molecule has 1 amide bonds. The maximum atomic E-state index is 12.0. The average molecular weight is 236 g/mol. The Morgan fingerprint density at radius 2 is 1.82 bits per heavy atom. The molecular weight excluding hydrogens is 220 g/mol. The van der Waals surface area contributed by atoms with E-state index in [0.717, 1.165) is 0 Å². The van der Waals surface area contributed by atoms with E-state index < -0.39 is 17.8 Å². The molecule has 0 spiro atoms. The molecule has 1 aliphatic rings. The lowest BCUT2D eigenvalue weighted by molar-refractivity contribution is -0.145. The fraction of sp³-hybridized carbons (Fsp3) is 0.500. The van der Waals surface area contributed by atoms with Crippen LogP contribution in [0.4, 0.5) is 0 Å². The van der Waals surface area contributed by atoms with E-state index in [1.807, 2.05) is 6.92 Å². The van der Waals surface area contributed by atoms with Gasteiger partial charge in [-0.1, -0.05) is 6.92 Å². The predicted molar refractivity (Wildman–Crippen MR) is 61.8 cm³/mol. The highest BCUT2D eigenvalue weighted by molar-refractivity contribution is 5.90. The Hall–Kier alpha value is -1.78. The van der Waals surface area contributed by atoms with Crippen molar-refractivity contribution >= 4 is 11.9 Å². The fourth-order valence-corrected chi connectivity index (χ4v) is 2.47. The summed E-state index contributed by atoms with van der Waals surface area (Å²) in [5.41, 5.74) is 2.68. The normalized spacial score (nSPS) is 27.9. The van der Waals surface area contributed by atoms with E-state index in [0.29, 0.717) is 12.8 Å². The summed E-state index contributed by atoms with van der Waals surface area (Å²) in [4.78, 5) is 23.1. The first-order chi connectivity index (χ1) is 8.08. The van der Waals surface area contributed by atoms with Crippen molar-refractivity contribution in [1.82, 2.24) is 4.68 Å². The molecular formula is C12H16N2O3. The minimum Gasteiger partial charge on any atom is -0.481 e. The number of amides is 1. The Bertz CT molecular complexity index is 413. The minimum atomic E-state index is -0.873. The highest BCUT2D eigenvalue weighted by atomic mass is 16.4. The second-order valence-corrected chi connectivity index (χ2v) is 4.69. The summed E-state index contributed by atoms with van der Waals surface area (Å²) in [6, 6.07) is 3.60. The number of hydrogen-bond donors (Lipinski definition) is 2. The van der Waals surface area contributed by atoms with E-state index in [9.17, 15) is 9.59 Å². The van der Waals surface area contributed by atoms with Gasteiger partial charge in [0.05, 0.1) is 11.8 Å². The van der Waals surface area contributed by atoms with E-state index in [-0.39, 0.29) is 11.8 Å². The Kier molecular flexibility index (Phi) is 3.17. The Morgan fingerprint density at radius 1 is 1.24 bits per heavy atom. The van der Waals surface area contributed by atoms with Crippen LogP contribution in [0.5, 0.6) is 0 Å². The number of aliphatic carboxylic acids is 1. The molecule has 0 aliphatic heterocycles. The molecule has 17 heavy (non-hydrogen) atoms. The van der Waals surface area contributed by atoms with E-state index >= 15 is 0 Å². The van der Waals surface area contributed by atoms with Gasteiger partial charge < -0.3 is 5.11 Å². The lowest BCUT2D eigenvalue weighted by Crippen LogP contribution is -2.33. The number of carboxylic acid groups (broad SMARTS) is 1. The van der Waals surface area contributed by atoms with Gasteiger partial charge in [-0.05, 0) is 30.9 Å². The summed E-state index contributed by atoms with van der Waals surface area (Å²) in [6.45, 7) is 1.98. The first-order valence-electron chi connectivity index (χ1n) is 5.74. The standard InChI is InChI=1S/C12H16N2O3/c1-8-6-9(10(7-8)12(16)17)11(15)13-14-4-2-3-5-14/h2-5,8-10H,6-7H2,1H3,(H,13,15)(H,16,17)/t8?,9-,10+/m0/s1. The Labute approximate surface area is 99.4 Å². The molecule has 92 valence electrons. The van der Waals surface area contributed by atoms with E-state index in [2.05, 4.69) is 5.43 Å². The van der Waals surface area contributed by atoms with Crippen molar-refractivity contribution in [2.24, 2.45) is 17.8 Å². The summed E-state index contributed by atoms with van der Waals surface area (Å²) >= 11 is 0. The second-order valence-electron chi connectivity index (χ2n) is 4.69. The van der Waals surface area contributed by atoms with Gasteiger partial charge in [-0.25, -0.2) is 0 Å². The third-order valence-corrected chi connectivity index (χ3v) is 3.30. The topological polar surface area (TPSA) is 71.3 Å². The van der Waals surface area contributed by atoms with Crippen LogP contribution in [-0.4, -0.2) is 21.7 Å². The van der Waals surface area contributed by atoms with Crippen LogP contribution in [0.15, 0.2) is 24.5 Å². The van der Waals surface area contributed by atoms with Crippen LogP contribution >= 0.6 is 0 Å². The summed E-state index contributed by atoms with van der Waals surface area (Å²) in [5.74, 6) is -1.78. The highest BCUT2D eigenvalue weighted by Crippen LogP contribution is 2.36. The minimum absolute atomic E-state index is 0.210. The van der Waals surface area contributed by atoms with Gasteiger partial charge in [0.1, 0.15) is 0 Å². The van der Waals surface area contributed by atoms with Gasteiger partial charge in [-0.15, -0.1) is 0 Å². The molecule has 0 aromatic carbocycles. The van der Waals surface area contributed by atoms with E-state index in [1.54, 1.807) is 29.2 Å². The number of carbonyl (C=O) groups is 2. The van der Waals surface area contributed by atoms with Crippen molar-refractivity contribution in [2.75, 3.05) is 5.43 Å². The van der Waals surface area contributed by atoms with Gasteiger partial charge in [0, 0.05) is 12.4 Å². The van der Waals surface area contributed by atoms with E-state index in [1.165, 1.54) is 0 Å². The average Bonchev–Trinajstić information content (AvgIpc) is 2.86. The van der Waals surface area contributed by atoms with Crippen molar-refractivity contribution in [3.63, 3.8) is 0 Å². The number of rotatable bonds is 3. The zero-order chi connectivity index (χ0) is 12.4. The van der Waals surface area contributed by atoms with Crippen LogP contribution in [0.3, 0.4) is 0 Å². The molecule has 0 radical (unpaired) electrons. The molecule has 1 aliphatic carbocycles. The van der Waals surface area contributed by atoms with Crippen LogP contribution in [0.25, 0.3) is 0 Å². The molecule has 1 aromatic rings. The van der Waals surface area contributed by atoms with Crippen molar-refractivity contribution in [2.45, 2.75) is 19.8 Å². The third kappa shape index (κ3) is 2.49. The second kappa shape index (κ2) is 4.61. The number of aromatic nitrogens is 1. The fourth-order valence-electron chi connectivity index (χ4n) is 2.47. The van der Waals surface area contributed by atoms with Crippen LogP contribution < -0.4 is 5.43 Å². The molecule has 1 heterocycles. The number of nitrogens with one attached hydrogen (secondary N) is 1. The molecule has 2 N–H and O–H groups in total. The predicted octanol–water partition coefficient (Wildman–Crippen LogP) is 1.31. The van der Waals surface area contributed by atoms with Crippen LogP contribution in [0.1, 0.15) is 19.8 Å². The summed E-state index contributed by atoms with van der Waals surface area (Å²) in [5, 5.41) is 9.09. The largest absolute Gasteiger partial charge is 0.481 e. The molecule has 1 unspecified atom stereocenters. The van der Waals surface area contributed by atoms with Crippen molar-refractivity contribution < 1.29 is 14.7 Å². The number of hydrogen-bond acceptors (Lipinski definition) is 2. The number of nitrogens with zero attached hydrogens (tertiary/aromatic N) is 1. The molecule has 5 heteroatoms. The van der Waals surface area contributed by atoms with Crippen LogP contribution in [0.2, 0.25) is 0 Å². The van der Waals surface area contributed by atoms with Crippen molar-refractivity contribution in [3.05, 3.63) is 24.5 Å². The van der Waals surface area contributed by atoms with Gasteiger partial charge in [0.25, 0.3) is 0 Å². The lowest BCUT2D eigenvalue weighted by atomic mass is 9.96. The molecule has 0 bridgehead atoms. The SMILES string of the molecule is CC1C[C@H](C(=O)Nn2cccc2)[C@H](C(=O)O)C1. The lowest BCUT2D eigenvalue weighted by Gasteiger charge is -2.15. The van der Waals surface area contributed by atoms with Crippen molar-refractivity contribution in [1.29, 1.82) is 0 Å². The number of carbonyl (C=O) groups excluding carboxylic acids is 1. The Balaban J connectivity index is 2.05.